The SMILES string of the molecule is Nc1nc(Cl)cc(Nc2c(F)cc(F)cc2F)n1. The molecule has 0 aliphatic rings. The minimum Gasteiger partial charge on any atom is -0.368 e. The van der Waals surface area contributed by atoms with Crippen molar-refractivity contribution in [2.75, 3.05) is 11.1 Å². The topological polar surface area (TPSA) is 63.8 Å². The van der Waals surface area contributed by atoms with Crippen LogP contribution in [0.2, 0.25) is 5.15 Å². The van der Waals surface area contributed by atoms with Crippen LogP contribution in [-0.2, 0) is 0 Å². The van der Waals surface area contributed by atoms with Crippen molar-refractivity contribution >= 4 is 29.1 Å². The standard InChI is InChI=1S/C10H6ClF3N4/c11-7-3-8(18-10(15)16-7)17-9-5(13)1-4(12)2-6(9)14/h1-3H,(H3,15,16,17,18). The Morgan fingerprint density at radius 2 is 1.67 bits per heavy atom. The van der Waals surface area contributed by atoms with Crippen molar-refractivity contribution in [3.05, 3.63) is 40.8 Å². The molecule has 2 rings (SSSR count). The molecule has 1 aromatic carbocycles. The van der Waals surface area contributed by atoms with Crippen LogP contribution < -0.4 is 11.1 Å². The number of aromatic nitrogens is 2. The van der Waals surface area contributed by atoms with Crippen LogP contribution in [0.3, 0.4) is 0 Å². The molecule has 8 heteroatoms. The molecule has 0 unspecified atom stereocenters. The van der Waals surface area contributed by atoms with Crippen molar-refractivity contribution in [2.24, 2.45) is 0 Å². The van der Waals surface area contributed by atoms with E-state index in [1.165, 1.54) is 6.07 Å². The Bertz CT molecular complexity index is 562. The second-order valence-electron chi connectivity index (χ2n) is 3.30. The highest BCUT2D eigenvalue weighted by atomic mass is 35.5. The van der Waals surface area contributed by atoms with Crippen LogP contribution in [0.5, 0.6) is 0 Å². The van der Waals surface area contributed by atoms with Crippen molar-refractivity contribution in [1.29, 1.82) is 0 Å². The molecular formula is C10H6ClF3N4. The number of nitrogen functional groups attached to an aromatic ring is 1. The van der Waals surface area contributed by atoms with Crippen molar-refractivity contribution in [3.8, 4) is 0 Å². The Kier molecular flexibility index (Phi) is 3.24. The summed E-state index contributed by atoms with van der Waals surface area (Å²) in [6.45, 7) is 0. The maximum absolute atomic E-state index is 13.3. The average molecular weight is 275 g/mol. The molecule has 2 aromatic rings. The zero-order valence-corrected chi connectivity index (χ0v) is 9.47. The number of nitrogens with zero attached hydrogens (tertiary/aromatic N) is 2. The minimum absolute atomic E-state index is 0.00286. The zero-order chi connectivity index (χ0) is 13.3. The molecule has 0 aliphatic carbocycles. The first-order valence-corrected chi connectivity index (χ1v) is 5.05. The van der Waals surface area contributed by atoms with Crippen LogP contribution in [0.15, 0.2) is 18.2 Å². The van der Waals surface area contributed by atoms with Gasteiger partial charge in [-0.15, -0.1) is 0 Å². The smallest absolute Gasteiger partial charge is 0.223 e. The third-order valence-electron chi connectivity index (χ3n) is 1.97. The molecule has 18 heavy (non-hydrogen) atoms. The summed E-state index contributed by atoms with van der Waals surface area (Å²) in [5, 5.41) is 2.32. The first kappa shape index (κ1) is 12.4. The first-order chi connectivity index (χ1) is 8.45. The van der Waals surface area contributed by atoms with E-state index in [9.17, 15) is 13.2 Å². The van der Waals surface area contributed by atoms with E-state index in [4.69, 9.17) is 17.3 Å². The fourth-order valence-electron chi connectivity index (χ4n) is 1.29. The molecule has 0 aliphatic heterocycles. The van der Waals surface area contributed by atoms with Gasteiger partial charge in [0.15, 0.2) is 11.6 Å². The highest BCUT2D eigenvalue weighted by molar-refractivity contribution is 6.29. The molecule has 0 atom stereocenters. The van der Waals surface area contributed by atoms with E-state index in [-0.39, 0.29) is 16.9 Å². The average Bonchev–Trinajstić information content (AvgIpc) is 2.22. The Morgan fingerprint density at radius 3 is 2.22 bits per heavy atom. The van der Waals surface area contributed by atoms with Gasteiger partial charge < -0.3 is 11.1 Å². The number of rotatable bonds is 2. The van der Waals surface area contributed by atoms with Crippen molar-refractivity contribution in [3.63, 3.8) is 0 Å². The second kappa shape index (κ2) is 4.69. The zero-order valence-electron chi connectivity index (χ0n) is 8.72. The van der Waals surface area contributed by atoms with Crippen LogP contribution >= 0.6 is 11.6 Å². The summed E-state index contributed by atoms with van der Waals surface area (Å²) in [5.74, 6) is -3.37. The molecule has 94 valence electrons. The Morgan fingerprint density at radius 1 is 1.06 bits per heavy atom. The summed E-state index contributed by atoms with van der Waals surface area (Å²) in [6.07, 6.45) is 0. The highest BCUT2D eigenvalue weighted by Crippen LogP contribution is 2.24. The number of nitrogens with one attached hydrogen (secondary N) is 1. The lowest BCUT2D eigenvalue weighted by molar-refractivity contribution is 0.549. The van der Waals surface area contributed by atoms with Gasteiger partial charge in [0, 0.05) is 18.2 Å². The third kappa shape index (κ3) is 2.62. The molecule has 0 spiro atoms. The largest absolute Gasteiger partial charge is 0.368 e. The Balaban J connectivity index is 2.40. The summed E-state index contributed by atoms with van der Waals surface area (Å²) in [7, 11) is 0. The summed E-state index contributed by atoms with van der Waals surface area (Å²) in [6, 6.07) is 2.30. The highest BCUT2D eigenvalue weighted by Gasteiger charge is 2.12. The molecule has 0 amide bonds. The molecule has 0 fully saturated rings. The minimum atomic E-state index is -1.10. The normalized spacial score (nSPS) is 10.4. The summed E-state index contributed by atoms with van der Waals surface area (Å²) < 4.78 is 39.4. The molecule has 0 radical (unpaired) electrons. The predicted octanol–water partition coefficient (Wildman–Crippen LogP) is 2.87. The predicted molar refractivity (Wildman–Crippen MR) is 61.1 cm³/mol. The monoisotopic (exact) mass is 274 g/mol. The van der Waals surface area contributed by atoms with E-state index >= 15 is 0 Å². The van der Waals surface area contributed by atoms with Gasteiger partial charge in [0.1, 0.15) is 22.5 Å². The molecule has 0 saturated carbocycles. The van der Waals surface area contributed by atoms with Gasteiger partial charge in [-0.3, -0.25) is 0 Å². The number of nitrogens with two attached hydrogens (primary N) is 1. The molecular weight excluding hydrogens is 269 g/mol. The molecule has 0 bridgehead atoms. The van der Waals surface area contributed by atoms with E-state index < -0.39 is 23.1 Å². The summed E-state index contributed by atoms with van der Waals surface area (Å²) in [5.41, 5.74) is 4.77. The molecule has 4 nitrogen and oxygen atoms in total. The fraction of sp³-hybridized carbons (Fsp3) is 0. The van der Waals surface area contributed by atoms with Gasteiger partial charge in [0.25, 0.3) is 0 Å². The quantitative estimate of drug-likeness (QED) is 0.827. The Hall–Kier alpha value is -2.02. The molecule has 3 N–H and O–H groups in total. The van der Waals surface area contributed by atoms with Gasteiger partial charge in [0.2, 0.25) is 5.95 Å². The number of hydrogen-bond donors (Lipinski definition) is 2. The van der Waals surface area contributed by atoms with E-state index in [2.05, 4.69) is 15.3 Å². The van der Waals surface area contributed by atoms with Gasteiger partial charge in [-0.1, -0.05) is 11.6 Å². The number of benzene rings is 1. The van der Waals surface area contributed by atoms with E-state index in [1.54, 1.807) is 0 Å². The van der Waals surface area contributed by atoms with Crippen LogP contribution in [0.25, 0.3) is 0 Å². The van der Waals surface area contributed by atoms with Crippen LogP contribution in [0, 0.1) is 17.5 Å². The van der Waals surface area contributed by atoms with E-state index in [0.29, 0.717) is 12.1 Å². The molecule has 1 aromatic heterocycles. The van der Waals surface area contributed by atoms with Crippen LogP contribution in [0.1, 0.15) is 0 Å². The van der Waals surface area contributed by atoms with E-state index in [1.807, 2.05) is 0 Å². The maximum Gasteiger partial charge on any atom is 0.223 e. The summed E-state index contributed by atoms with van der Waals surface area (Å²) in [4.78, 5) is 7.26. The fourth-order valence-corrected chi connectivity index (χ4v) is 1.48. The number of hydrogen-bond acceptors (Lipinski definition) is 4. The van der Waals surface area contributed by atoms with Crippen molar-refractivity contribution < 1.29 is 13.2 Å². The van der Waals surface area contributed by atoms with Gasteiger partial charge in [0.05, 0.1) is 0 Å². The molecule has 0 saturated heterocycles. The van der Waals surface area contributed by atoms with Gasteiger partial charge in [-0.2, -0.15) is 4.98 Å². The van der Waals surface area contributed by atoms with Crippen LogP contribution in [0.4, 0.5) is 30.6 Å². The number of anilines is 3. The van der Waals surface area contributed by atoms with E-state index in [0.717, 1.165) is 0 Å². The lowest BCUT2D eigenvalue weighted by atomic mass is 10.2. The van der Waals surface area contributed by atoms with Crippen molar-refractivity contribution in [1.82, 2.24) is 9.97 Å². The van der Waals surface area contributed by atoms with Crippen molar-refractivity contribution in [2.45, 2.75) is 0 Å². The van der Waals surface area contributed by atoms with Crippen LogP contribution in [-0.4, -0.2) is 9.97 Å². The van der Waals surface area contributed by atoms with Gasteiger partial charge in [-0.05, 0) is 0 Å². The van der Waals surface area contributed by atoms with Gasteiger partial charge in [-0.25, -0.2) is 18.2 Å². The number of halogens is 4. The van der Waals surface area contributed by atoms with Gasteiger partial charge >= 0.3 is 0 Å². The maximum atomic E-state index is 13.3. The lowest BCUT2D eigenvalue weighted by Crippen LogP contribution is -2.03. The first-order valence-electron chi connectivity index (χ1n) is 4.67. The third-order valence-corrected chi connectivity index (χ3v) is 2.17. The second-order valence-corrected chi connectivity index (χ2v) is 3.69. The lowest BCUT2D eigenvalue weighted by Gasteiger charge is -2.08. The molecule has 1 heterocycles. The summed E-state index contributed by atoms with van der Waals surface area (Å²) >= 11 is 5.60. The Labute approximate surface area is 105 Å².